The number of esters is 2. The van der Waals surface area contributed by atoms with E-state index < -0.39 is 44.8 Å². The molecule has 0 saturated carbocycles. The Morgan fingerprint density at radius 2 is 1.63 bits per heavy atom. The van der Waals surface area contributed by atoms with E-state index >= 15 is 0 Å². The molecule has 8 nitrogen and oxygen atoms in total. The fourth-order valence-electron chi connectivity index (χ4n) is 3.72. The van der Waals surface area contributed by atoms with Gasteiger partial charge in [-0.15, -0.1) is 0 Å². The predicted molar refractivity (Wildman–Crippen MR) is 120 cm³/mol. The van der Waals surface area contributed by atoms with Gasteiger partial charge in [-0.1, -0.05) is 30.3 Å². The molecule has 0 radical (unpaired) electrons. The Balaban J connectivity index is 2.54. The minimum absolute atomic E-state index is 0.0285. The number of sulfonamides is 1. The fourth-order valence-corrected chi connectivity index (χ4v) is 4.83. The molecule has 1 aliphatic rings. The van der Waals surface area contributed by atoms with E-state index in [2.05, 4.69) is 0 Å². The summed E-state index contributed by atoms with van der Waals surface area (Å²) >= 11 is 0. The van der Waals surface area contributed by atoms with Crippen LogP contribution in [0.25, 0.3) is 5.57 Å². The number of carbonyl (C=O) groups is 2. The third-order valence-electron chi connectivity index (χ3n) is 5.11. The maximum atomic E-state index is 13.9. The van der Waals surface area contributed by atoms with Crippen molar-refractivity contribution in [3.8, 4) is 5.75 Å². The van der Waals surface area contributed by atoms with Crippen molar-refractivity contribution in [1.82, 2.24) is 0 Å². The Morgan fingerprint density at radius 1 is 1.00 bits per heavy atom. The smallest absolute Gasteiger partial charge is 0.497 e. The minimum atomic E-state index is -6.20. The summed E-state index contributed by atoms with van der Waals surface area (Å²) in [6.07, 6.45) is 0. The lowest BCUT2D eigenvalue weighted by Crippen LogP contribution is -2.54. The molecule has 0 spiro atoms. The summed E-state index contributed by atoms with van der Waals surface area (Å²) in [6.45, 7) is 2.40. The number of anilines is 1. The number of fused-ring (bicyclic) bond motifs is 1. The van der Waals surface area contributed by atoms with Crippen molar-refractivity contribution >= 4 is 33.2 Å². The molecule has 1 atom stereocenters. The van der Waals surface area contributed by atoms with Crippen LogP contribution in [-0.2, 0) is 29.1 Å². The molecule has 188 valence electrons. The molecule has 0 aromatic heterocycles. The largest absolute Gasteiger partial charge is 0.516 e. The van der Waals surface area contributed by atoms with E-state index in [-0.39, 0.29) is 34.4 Å². The maximum Gasteiger partial charge on any atom is 0.516 e. The van der Waals surface area contributed by atoms with Crippen molar-refractivity contribution < 1.29 is 45.4 Å². The van der Waals surface area contributed by atoms with Gasteiger partial charge in [0.25, 0.3) is 0 Å². The van der Waals surface area contributed by atoms with Crippen LogP contribution in [0.15, 0.2) is 54.1 Å². The van der Waals surface area contributed by atoms with Crippen LogP contribution in [0.2, 0.25) is 0 Å². The van der Waals surface area contributed by atoms with Crippen molar-refractivity contribution in [1.29, 1.82) is 0 Å². The van der Waals surface area contributed by atoms with Gasteiger partial charge in [-0.3, -0.25) is 0 Å². The van der Waals surface area contributed by atoms with E-state index in [0.29, 0.717) is 5.56 Å². The molecule has 0 aliphatic carbocycles. The zero-order valence-electron chi connectivity index (χ0n) is 19.0. The molecule has 0 saturated heterocycles. The summed E-state index contributed by atoms with van der Waals surface area (Å²) in [5.74, 6) is -2.50. The monoisotopic (exact) mass is 513 g/mol. The predicted octanol–water partition coefficient (Wildman–Crippen LogP) is 3.66. The summed E-state index contributed by atoms with van der Waals surface area (Å²) in [4.78, 5) is 26.2. The molecular weight excluding hydrogens is 491 g/mol. The maximum absolute atomic E-state index is 13.9. The molecule has 0 fully saturated rings. The van der Waals surface area contributed by atoms with E-state index in [1.807, 2.05) is 0 Å². The van der Waals surface area contributed by atoms with Crippen LogP contribution in [-0.4, -0.2) is 52.2 Å². The number of halogens is 3. The second-order valence-electron chi connectivity index (χ2n) is 7.16. The average molecular weight is 513 g/mol. The molecule has 3 rings (SSSR count). The van der Waals surface area contributed by atoms with Gasteiger partial charge < -0.3 is 14.2 Å². The molecule has 0 unspecified atom stereocenters. The molecular formula is C23H22F3NO7S. The second kappa shape index (κ2) is 9.98. The van der Waals surface area contributed by atoms with Crippen molar-refractivity contribution in [3.63, 3.8) is 0 Å². The summed E-state index contributed by atoms with van der Waals surface area (Å²) < 4.78 is 82.2. The van der Waals surface area contributed by atoms with E-state index in [4.69, 9.17) is 14.2 Å². The first-order valence-corrected chi connectivity index (χ1v) is 11.9. The van der Waals surface area contributed by atoms with Crippen molar-refractivity contribution in [2.75, 3.05) is 24.6 Å². The Morgan fingerprint density at radius 3 is 2.17 bits per heavy atom. The number of nitrogens with zero attached hydrogens (tertiary/aromatic N) is 1. The summed E-state index contributed by atoms with van der Waals surface area (Å²) in [5.41, 5.74) is -6.57. The molecule has 1 aliphatic heterocycles. The zero-order valence-corrected chi connectivity index (χ0v) is 19.8. The van der Waals surface area contributed by atoms with Gasteiger partial charge in [-0.25, -0.2) is 13.9 Å². The van der Waals surface area contributed by atoms with Crippen LogP contribution in [0, 0.1) is 0 Å². The van der Waals surface area contributed by atoms with Gasteiger partial charge in [0.1, 0.15) is 5.75 Å². The normalized spacial score (nSPS) is 15.9. The zero-order chi connectivity index (χ0) is 26.0. The molecule has 2 aromatic rings. The molecule has 2 aromatic carbocycles. The Hall–Kier alpha value is -3.54. The van der Waals surface area contributed by atoms with Crippen molar-refractivity contribution in [2.24, 2.45) is 0 Å². The molecule has 1 heterocycles. The van der Waals surface area contributed by atoms with Crippen LogP contribution in [0.3, 0.4) is 0 Å². The van der Waals surface area contributed by atoms with Crippen LogP contribution in [0.1, 0.15) is 25.0 Å². The van der Waals surface area contributed by atoms with Gasteiger partial charge in [-0.2, -0.15) is 21.6 Å². The van der Waals surface area contributed by atoms with Crippen molar-refractivity contribution in [2.45, 2.75) is 25.4 Å². The average Bonchev–Trinajstić information content (AvgIpc) is 2.82. The number of rotatable bonds is 7. The Bertz CT molecular complexity index is 1260. The molecule has 12 heteroatoms. The number of methoxy groups -OCH3 is 1. The lowest BCUT2D eigenvalue weighted by Gasteiger charge is -2.38. The Kier molecular flexibility index (Phi) is 7.44. The summed E-state index contributed by atoms with van der Waals surface area (Å²) in [7, 11) is -4.96. The standard InChI is InChI=1S/C23H22F3NO7S/c1-4-33-21(28)19-18(14-9-7-6-8-10-14)16-12-11-15(32-3)13-17(16)27(20(19)22(29)34-5-2)35(30,31)23(24,25)26/h6-13,20H,4-5H2,1-3H3/t20-/m0/s1. The van der Waals surface area contributed by atoms with Crippen LogP contribution in [0.4, 0.5) is 18.9 Å². The minimum Gasteiger partial charge on any atom is -0.497 e. The molecule has 35 heavy (non-hydrogen) atoms. The van der Waals surface area contributed by atoms with E-state index in [9.17, 15) is 31.2 Å². The summed E-state index contributed by atoms with van der Waals surface area (Å²) in [5, 5.41) is 0. The quantitative estimate of drug-likeness (QED) is 0.521. The summed E-state index contributed by atoms with van der Waals surface area (Å²) in [6, 6.07) is 9.50. The number of ether oxygens (including phenoxy) is 3. The van der Waals surface area contributed by atoms with Gasteiger partial charge in [-0.05, 0) is 31.5 Å². The first-order chi connectivity index (χ1) is 16.5. The SMILES string of the molecule is CCOC(=O)C1=C(c2ccccc2)c2ccc(OC)cc2N(S(=O)(=O)C(F)(F)F)[C@@H]1C(=O)OCC. The fraction of sp³-hybridized carbons (Fsp3) is 0.304. The van der Waals surface area contributed by atoms with Crippen LogP contribution < -0.4 is 9.04 Å². The van der Waals surface area contributed by atoms with Gasteiger partial charge in [0.15, 0.2) is 6.04 Å². The van der Waals surface area contributed by atoms with Gasteiger partial charge >= 0.3 is 27.5 Å². The second-order valence-corrected chi connectivity index (χ2v) is 8.97. The molecule has 0 amide bonds. The first kappa shape index (κ1) is 26.1. The Labute approximate surface area is 199 Å². The van der Waals surface area contributed by atoms with Crippen molar-refractivity contribution in [3.05, 3.63) is 65.2 Å². The van der Waals surface area contributed by atoms with E-state index in [1.165, 1.54) is 33.1 Å². The third-order valence-corrected chi connectivity index (χ3v) is 6.62. The number of benzene rings is 2. The topological polar surface area (TPSA) is 99.2 Å². The highest BCUT2D eigenvalue weighted by atomic mass is 32.2. The number of hydrogen-bond donors (Lipinski definition) is 0. The van der Waals surface area contributed by atoms with E-state index in [1.54, 1.807) is 30.3 Å². The number of carbonyl (C=O) groups excluding carboxylic acids is 2. The van der Waals surface area contributed by atoms with E-state index in [0.717, 1.165) is 6.07 Å². The number of alkyl halides is 3. The van der Waals surface area contributed by atoms with Crippen LogP contribution >= 0.6 is 0 Å². The lowest BCUT2D eigenvalue weighted by atomic mass is 9.85. The van der Waals surface area contributed by atoms with Gasteiger partial charge in [0.2, 0.25) is 0 Å². The van der Waals surface area contributed by atoms with Crippen LogP contribution in [0.5, 0.6) is 5.75 Å². The lowest BCUT2D eigenvalue weighted by molar-refractivity contribution is -0.147. The van der Waals surface area contributed by atoms with Gasteiger partial charge in [0.05, 0.1) is 31.6 Å². The first-order valence-electron chi connectivity index (χ1n) is 10.4. The third kappa shape index (κ3) is 4.70. The highest BCUT2D eigenvalue weighted by Crippen LogP contribution is 2.47. The molecule has 0 N–H and O–H groups in total. The molecule has 0 bridgehead atoms. The highest BCUT2D eigenvalue weighted by molar-refractivity contribution is 7.93. The number of hydrogen-bond acceptors (Lipinski definition) is 7. The highest BCUT2D eigenvalue weighted by Gasteiger charge is 2.57. The van der Waals surface area contributed by atoms with Gasteiger partial charge in [0, 0.05) is 17.2 Å².